The second kappa shape index (κ2) is 5.67. The highest BCUT2D eigenvalue weighted by molar-refractivity contribution is 5.86. The summed E-state index contributed by atoms with van der Waals surface area (Å²) in [5.74, 6) is 1.01. The van der Waals surface area contributed by atoms with E-state index in [0.29, 0.717) is 6.42 Å². The first kappa shape index (κ1) is 13.8. The number of nitrogens with one attached hydrogen (secondary N) is 1. The normalized spacial score (nSPS) is 19.0. The van der Waals surface area contributed by atoms with Crippen molar-refractivity contribution in [3.63, 3.8) is 0 Å². The van der Waals surface area contributed by atoms with Crippen LogP contribution in [0.3, 0.4) is 0 Å². The minimum Gasteiger partial charge on any atom is -0.354 e. The number of rotatable bonds is 3. The topological polar surface area (TPSA) is 75.9 Å². The fourth-order valence-electron chi connectivity index (χ4n) is 2.82. The van der Waals surface area contributed by atoms with Gasteiger partial charge in [-0.15, -0.1) is 0 Å². The summed E-state index contributed by atoms with van der Waals surface area (Å²) in [4.78, 5) is 22.5. The summed E-state index contributed by atoms with van der Waals surface area (Å²) >= 11 is 0. The van der Waals surface area contributed by atoms with Crippen LogP contribution in [0, 0.1) is 0 Å². The van der Waals surface area contributed by atoms with Crippen molar-refractivity contribution in [2.75, 3.05) is 18.0 Å². The van der Waals surface area contributed by atoms with Gasteiger partial charge in [0.2, 0.25) is 5.91 Å². The lowest BCUT2D eigenvalue weighted by Crippen LogP contribution is -2.48. The average Bonchev–Trinajstić information content (AvgIpc) is 2.89. The molecule has 3 rings (SSSR count). The zero-order valence-corrected chi connectivity index (χ0v) is 12.4. The number of hydrogen-bond donors (Lipinski definition) is 1. The van der Waals surface area contributed by atoms with E-state index in [2.05, 4.69) is 25.3 Å². The Bertz CT molecular complexity index is 652. The van der Waals surface area contributed by atoms with E-state index in [0.717, 1.165) is 42.8 Å². The van der Waals surface area contributed by atoms with Gasteiger partial charge in [-0.25, -0.2) is 9.97 Å². The molecule has 1 amide bonds. The third kappa shape index (κ3) is 2.68. The molecule has 1 atom stereocenters. The summed E-state index contributed by atoms with van der Waals surface area (Å²) in [6.45, 7) is 3.60. The number of aromatic nitrogens is 4. The molecule has 0 spiro atoms. The molecular weight excluding hydrogens is 268 g/mol. The van der Waals surface area contributed by atoms with E-state index in [-0.39, 0.29) is 11.9 Å². The maximum Gasteiger partial charge on any atom is 0.219 e. The molecule has 0 unspecified atom stereocenters. The second-order valence-corrected chi connectivity index (χ2v) is 5.41. The summed E-state index contributed by atoms with van der Waals surface area (Å²) in [5, 5.41) is 8.29. The molecule has 0 saturated carbocycles. The van der Waals surface area contributed by atoms with Crippen LogP contribution in [-0.2, 0) is 11.8 Å². The van der Waals surface area contributed by atoms with E-state index >= 15 is 0 Å². The smallest absolute Gasteiger partial charge is 0.219 e. The molecule has 7 nitrogen and oxygen atoms in total. The second-order valence-electron chi connectivity index (χ2n) is 5.41. The number of aryl methyl sites for hydroxylation is 1. The number of hydrogen-bond acceptors (Lipinski definition) is 5. The number of nitrogens with zero attached hydrogens (tertiary/aromatic N) is 5. The van der Waals surface area contributed by atoms with Gasteiger partial charge in [0.15, 0.2) is 5.65 Å². The monoisotopic (exact) mass is 288 g/mol. The Hall–Kier alpha value is -2.18. The Labute approximate surface area is 123 Å². The highest BCUT2D eigenvalue weighted by Crippen LogP contribution is 2.25. The van der Waals surface area contributed by atoms with Crippen LogP contribution in [0.2, 0.25) is 0 Å². The molecule has 1 aliphatic rings. The zero-order valence-electron chi connectivity index (χ0n) is 12.4. The summed E-state index contributed by atoms with van der Waals surface area (Å²) in [6.07, 6.45) is 5.97. The lowest BCUT2D eigenvalue weighted by atomic mass is 10.1. The Balaban J connectivity index is 1.83. The van der Waals surface area contributed by atoms with Crippen molar-refractivity contribution < 1.29 is 4.79 Å². The maximum absolute atomic E-state index is 11.6. The minimum atomic E-state index is 0.107. The van der Waals surface area contributed by atoms with Crippen LogP contribution in [0.4, 0.5) is 5.82 Å². The van der Waals surface area contributed by atoms with E-state index < -0.39 is 0 Å². The lowest BCUT2D eigenvalue weighted by molar-refractivity contribution is -0.121. The van der Waals surface area contributed by atoms with Crippen molar-refractivity contribution in [3.05, 3.63) is 12.5 Å². The molecule has 3 heterocycles. The number of fused-ring (bicyclic) bond motifs is 1. The fourth-order valence-corrected chi connectivity index (χ4v) is 2.82. The van der Waals surface area contributed by atoms with Gasteiger partial charge < -0.3 is 10.2 Å². The number of carbonyl (C=O) groups is 1. The molecular formula is C14H20N6O. The molecule has 0 bridgehead atoms. The third-order valence-corrected chi connectivity index (χ3v) is 3.92. The van der Waals surface area contributed by atoms with Gasteiger partial charge in [0.1, 0.15) is 12.1 Å². The molecule has 0 radical (unpaired) electrons. The van der Waals surface area contributed by atoms with Crippen molar-refractivity contribution in [1.82, 2.24) is 25.1 Å². The number of amides is 1. The van der Waals surface area contributed by atoms with Crippen LogP contribution in [-0.4, -0.2) is 44.8 Å². The van der Waals surface area contributed by atoms with Gasteiger partial charge in [-0.1, -0.05) is 6.92 Å². The van der Waals surface area contributed by atoms with Gasteiger partial charge in [0, 0.05) is 32.6 Å². The number of carbonyl (C=O) groups excluding carboxylic acids is 1. The maximum atomic E-state index is 11.6. The van der Waals surface area contributed by atoms with Crippen LogP contribution >= 0.6 is 0 Å². The summed E-state index contributed by atoms with van der Waals surface area (Å²) < 4.78 is 1.75. The molecule has 1 aliphatic heterocycles. The highest BCUT2D eigenvalue weighted by Gasteiger charge is 2.23. The van der Waals surface area contributed by atoms with Crippen molar-refractivity contribution in [2.45, 2.75) is 32.2 Å². The van der Waals surface area contributed by atoms with Crippen molar-refractivity contribution in [3.8, 4) is 0 Å². The standard InChI is InChI=1S/C14H20N6O/c1-3-12(21)18-10-5-4-6-20(8-10)14-11-7-17-19(2)13(11)15-9-16-14/h7,9-10H,3-6,8H2,1-2H3,(H,18,21)/t10-/m0/s1. The van der Waals surface area contributed by atoms with Crippen LogP contribution in [0.15, 0.2) is 12.5 Å². The van der Waals surface area contributed by atoms with Gasteiger partial charge in [-0.05, 0) is 12.8 Å². The van der Waals surface area contributed by atoms with Crippen molar-refractivity contribution in [1.29, 1.82) is 0 Å². The largest absolute Gasteiger partial charge is 0.354 e. The van der Waals surface area contributed by atoms with Gasteiger partial charge in [0.05, 0.1) is 11.6 Å². The van der Waals surface area contributed by atoms with E-state index in [4.69, 9.17) is 0 Å². The van der Waals surface area contributed by atoms with Crippen LogP contribution < -0.4 is 10.2 Å². The average molecular weight is 288 g/mol. The molecule has 0 aromatic carbocycles. The quantitative estimate of drug-likeness (QED) is 0.906. The van der Waals surface area contributed by atoms with Gasteiger partial charge >= 0.3 is 0 Å². The predicted molar refractivity (Wildman–Crippen MR) is 80.0 cm³/mol. The van der Waals surface area contributed by atoms with Crippen LogP contribution in [0.5, 0.6) is 0 Å². The van der Waals surface area contributed by atoms with E-state index in [1.54, 1.807) is 17.2 Å². The summed E-state index contributed by atoms with van der Waals surface area (Å²) in [7, 11) is 1.87. The molecule has 1 N–H and O–H groups in total. The number of anilines is 1. The molecule has 21 heavy (non-hydrogen) atoms. The molecule has 2 aromatic rings. The lowest BCUT2D eigenvalue weighted by Gasteiger charge is -2.34. The van der Waals surface area contributed by atoms with Crippen LogP contribution in [0.1, 0.15) is 26.2 Å². The molecule has 2 aromatic heterocycles. The first-order valence-corrected chi connectivity index (χ1v) is 7.36. The number of piperidine rings is 1. The molecule has 0 aliphatic carbocycles. The first-order valence-electron chi connectivity index (χ1n) is 7.36. The first-order chi connectivity index (χ1) is 10.2. The predicted octanol–water partition coefficient (Wildman–Crippen LogP) is 0.858. The summed E-state index contributed by atoms with van der Waals surface area (Å²) in [6, 6.07) is 0.188. The van der Waals surface area contributed by atoms with E-state index in [1.807, 2.05) is 14.0 Å². The van der Waals surface area contributed by atoms with E-state index in [9.17, 15) is 4.79 Å². The zero-order chi connectivity index (χ0) is 14.8. The Morgan fingerprint density at radius 1 is 1.48 bits per heavy atom. The Morgan fingerprint density at radius 3 is 3.14 bits per heavy atom. The Morgan fingerprint density at radius 2 is 2.33 bits per heavy atom. The van der Waals surface area contributed by atoms with Crippen LogP contribution in [0.25, 0.3) is 11.0 Å². The van der Waals surface area contributed by atoms with Crippen molar-refractivity contribution >= 4 is 22.8 Å². The van der Waals surface area contributed by atoms with Gasteiger partial charge in [0.25, 0.3) is 0 Å². The van der Waals surface area contributed by atoms with Crippen molar-refractivity contribution in [2.24, 2.45) is 7.05 Å². The SMILES string of the molecule is CCC(=O)N[C@H]1CCCN(c2ncnc3c2cnn3C)C1. The highest BCUT2D eigenvalue weighted by atomic mass is 16.1. The van der Waals surface area contributed by atoms with E-state index in [1.165, 1.54) is 0 Å². The molecule has 112 valence electrons. The third-order valence-electron chi connectivity index (χ3n) is 3.92. The molecule has 1 fully saturated rings. The summed E-state index contributed by atoms with van der Waals surface area (Å²) in [5.41, 5.74) is 0.833. The fraction of sp³-hybridized carbons (Fsp3) is 0.571. The van der Waals surface area contributed by atoms with Gasteiger partial charge in [-0.3, -0.25) is 9.48 Å². The molecule has 7 heteroatoms. The Kier molecular flexibility index (Phi) is 3.72. The molecule has 1 saturated heterocycles. The minimum absolute atomic E-state index is 0.107. The van der Waals surface area contributed by atoms with Gasteiger partial charge in [-0.2, -0.15) is 5.10 Å².